The molecule has 1 fully saturated rings. The van der Waals surface area contributed by atoms with Gasteiger partial charge in [-0.15, -0.1) is 0 Å². The molecule has 3 aromatic rings. The summed E-state index contributed by atoms with van der Waals surface area (Å²) in [5, 5.41) is 3.13. The molecule has 236 valence electrons. The Kier molecular flexibility index (Phi) is 10.9. The molecule has 44 heavy (non-hydrogen) atoms. The van der Waals surface area contributed by atoms with Crippen molar-refractivity contribution in [3.63, 3.8) is 0 Å². The zero-order valence-electron chi connectivity index (χ0n) is 26.2. The van der Waals surface area contributed by atoms with Crippen LogP contribution in [0.2, 0.25) is 0 Å². The predicted octanol–water partition coefficient (Wildman–Crippen LogP) is 5.38. The van der Waals surface area contributed by atoms with Crippen molar-refractivity contribution in [3.05, 3.63) is 83.4 Å². The van der Waals surface area contributed by atoms with Crippen LogP contribution in [0.3, 0.4) is 0 Å². The number of benzene rings is 3. The first-order valence-corrected chi connectivity index (χ1v) is 16.4. The van der Waals surface area contributed by atoms with Gasteiger partial charge in [-0.05, 0) is 74.6 Å². The van der Waals surface area contributed by atoms with Gasteiger partial charge >= 0.3 is 0 Å². The van der Waals surface area contributed by atoms with Crippen LogP contribution < -0.4 is 19.1 Å². The Bertz CT molecular complexity index is 1530. The Morgan fingerprint density at radius 1 is 0.886 bits per heavy atom. The number of nitrogens with zero attached hydrogens (tertiary/aromatic N) is 2. The van der Waals surface area contributed by atoms with Crippen molar-refractivity contribution < 1.29 is 27.5 Å². The Balaban J connectivity index is 1.72. The number of hydrogen-bond donors (Lipinski definition) is 1. The van der Waals surface area contributed by atoms with E-state index in [-0.39, 0.29) is 29.1 Å². The first-order valence-electron chi connectivity index (χ1n) is 15.0. The standard InChI is InChI=1S/C34H43N3O6S/c1-24-18-25(2)20-29(19-24)37(44(40,41)30-16-17-31(42-4)32(21-30)43-5)23-33(38)36(22-27-12-8-6-9-13-27)26(3)34(39)35-28-14-10-7-11-15-28/h6,8-9,12-13,16-21,26,28H,7,10-11,14-15,22-23H2,1-5H3,(H,35,39)/t26-/m1/s1. The zero-order chi connectivity index (χ0) is 31.9. The number of nitrogens with one attached hydrogen (secondary N) is 1. The van der Waals surface area contributed by atoms with Crippen LogP contribution in [-0.2, 0) is 26.2 Å². The summed E-state index contributed by atoms with van der Waals surface area (Å²) in [6.45, 7) is 5.09. The summed E-state index contributed by atoms with van der Waals surface area (Å²) in [6, 6.07) is 18.4. The van der Waals surface area contributed by atoms with Crippen molar-refractivity contribution in [3.8, 4) is 11.5 Å². The van der Waals surface area contributed by atoms with Gasteiger partial charge in [0.1, 0.15) is 12.6 Å². The van der Waals surface area contributed by atoms with E-state index in [4.69, 9.17) is 9.47 Å². The fourth-order valence-corrected chi connectivity index (χ4v) is 7.07. The number of anilines is 1. The Hall–Kier alpha value is -4.05. The van der Waals surface area contributed by atoms with Crippen LogP contribution in [0.4, 0.5) is 5.69 Å². The number of ether oxygens (including phenoxy) is 2. The predicted molar refractivity (Wildman–Crippen MR) is 171 cm³/mol. The summed E-state index contributed by atoms with van der Waals surface area (Å²) in [6.07, 6.45) is 5.10. The molecule has 10 heteroatoms. The molecule has 0 saturated heterocycles. The van der Waals surface area contributed by atoms with Gasteiger partial charge in [-0.25, -0.2) is 8.42 Å². The highest BCUT2D eigenvalue weighted by Crippen LogP contribution is 2.33. The summed E-state index contributed by atoms with van der Waals surface area (Å²) in [4.78, 5) is 29.1. The number of rotatable bonds is 12. The van der Waals surface area contributed by atoms with Crippen LogP contribution in [-0.4, -0.2) is 58.0 Å². The van der Waals surface area contributed by atoms with Crippen molar-refractivity contribution in [2.75, 3.05) is 25.1 Å². The maximum atomic E-state index is 14.3. The van der Waals surface area contributed by atoms with Gasteiger partial charge in [-0.1, -0.05) is 55.7 Å². The average Bonchev–Trinajstić information content (AvgIpc) is 3.02. The molecule has 0 aliphatic heterocycles. The summed E-state index contributed by atoms with van der Waals surface area (Å²) in [7, 11) is -1.36. The fraction of sp³-hybridized carbons (Fsp3) is 0.412. The lowest BCUT2D eigenvalue weighted by molar-refractivity contribution is -0.139. The minimum atomic E-state index is -4.27. The molecule has 0 spiro atoms. The maximum absolute atomic E-state index is 14.3. The van der Waals surface area contributed by atoms with Crippen LogP contribution in [0, 0.1) is 13.8 Å². The lowest BCUT2D eigenvalue weighted by Crippen LogP contribution is -2.53. The second kappa shape index (κ2) is 14.6. The van der Waals surface area contributed by atoms with E-state index in [1.54, 1.807) is 19.1 Å². The molecule has 3 aromatic carbocycles. The van der Waals surface area contributed by atoms with Gasteiger partial charge in [0.05, 0.1) is 24.8 Å². The molecule has 0 aromatic heterocycles. The largest absolute Gasteiger partial charge is 0.493 e. The van der Waals surface area contributed by atoms with Crippen molar-refractivity contribution in [2.24, 2.45) is 0 Å². The highest BCUT2D eigenvalue weighted by Gasteiger charge is 2.34. The Morgan fingerprint density at radius 3 is 2.14 bits per heavy atom. The number of sulfonamides is 1. The molecule has 0 radical (unpaired) electrons. The van der Waals surface area contributed by atoms with Gasteiger partial charge in [0.15, 0.2) is 11.5 Å². The molecule has 1 saturated carbocycles. The molecule has 2 amide bonds. The van der Waals surface area contributed by atoms with E-state index in [2.05, 4.69) is 5.32 Å². The summed E-state index contributed by atoms with van der Waals surface area (Å²) >= 11 is 0. The highest BCUT2D eigenvalue weighted by atomic mass is 32.2. The van der Waals surface area contributed by atoms with Gasteiger partial charge in [-0.2, -0.15) is 0 Å². The monoisotopic (exact) mass is 621 g/mol. The number of carbonyl (C=O) groups is 2. The molecule has 1 aliphatic carbocycles. The maximum Gasteiger partial charge on any atom is 0.264 e. The van der Waals surface area contributed by atoms with E-state index >= 15 is 0 Å². The third-order valence-electron chi connectivity index (χ3n) is 8.03. The third kappa shape index (κ3) is 7.91. The third-order valence-corrected chi connectivity index (χ3v) is 9.80. The quantitative estimate of drug-likeness (QED) is 0.291. The van der Waals surface area contributed by atoms with Gasteiger partial charge in [0, 0.05) is 18.7 Å². The minimum Gasteiger partial charge on any atom is -0.493 e. The zero-order valence-corrected chi connectivity index (χ0v) is 27.0. The van der Waals surface area contributed by atoms with Crippen LogP contribution >= 0.6 is 0 Å². The average molecular weight is 622 g/mol. The summed E-state index contributed by atoms with van der Waals surface area (Å²) < 4.78 is 40.4. The highest BCUT2D eigenvalue weighted by molar-refractivity contribution is 7.92. The van der Waals surface area contributed by atoms with Crippen molar-refractivity contribution in [1.82, 2.24) is 10.2 Å². The normalized spacial score (nSPS) is 14.4. The molecule has 0 heterocycles. The lowest BCUT2D eigenvalue weighted by atomic mass is 9.95. The van der Waals surface area contributed by atoms with E-state index in [1.165, 1.54) is 37.3 Å². The van der Waals surface area contributed by atoms with E-state index in [9.17, 15) is 18.0 Å². The van der Waals surface area contributed by atoms with Crippen molar-refractivity contribution in [1.29, 1.82) is 0 Å². The molecule has 1 aliphatic rings. The van der Waals surface area contributed by atoms with E-state index in [0.29, 0.717) is 11.4 Å². The van der Waals surface area contributed by atoms with Crippen LogP contribution in [0.1, 0.15) is 55.7 Å². The second-order valence-electron chi connectivity index (χ2n) is 11.4. The summed E-state index contributed by atoms with van der Waals surface area (Å²) in [5.41, 5.74) is 2.88. The molecule has 9 nitrogen and oxygen atoms in total. The Morgan fingerprint density at radius 2 is 1.52 bits per heavy atom. The number of methoxy groups -OCH3 is 2. The topological polar surface area (TPSA) is 105 Å². The van der Waals surface area contributed by atoms with Gasteiger partial charge in [0.2, 0.25) is 11.8 Å². The number of hydrogen-bond acceptors (Lipinski definition) is 6. The molecule has 1 atom stereocenters. The first kappa shape index (κ1) is 32.9. The molecular formula is C34H43N3O6S. The smallest absolute Gasteiger partial charge is 0.264 e. The van der Waals surface area contributed by atoms with Crippen LogP contribution in [0.15, 0.2) is 71.6 Å². The molecule has 0 unspecified atom stereocenters. The van der Waals surface area contributed by atoms with Gasteiger partial charge in [0.25, 0.3) is 10.0 Å². The second-order valence-corrected chi connectivity index (χ2v) is 13.3. The first-order chi connectivity index (χ1) is 21.0. The summed E-state index contributed by atoms with van der Waals surface area (Å²) in [5.74, 6) is -0.114. The van der Waals surface area contributed by atoms with Gasteiger partial charge < -0.3 is 19.7 Å². The van der Waals surface area contributed by atoms with Crippen molar-refractivity contribution >= 4 is 27.5 Å². The lowest BCUT2D eigenvalue weighted by Gasteiger charge is -2.33. The van der Waals surface area contributed by atoms with Crippen LogP contribution in [0.25, 0.3) is 0 Å². The van der Waals surface area contributed by atoms with E-state index < -0.39 is 28.5 Å². The van der Waals surface area contributed by atoms with Gasteiger partial charge in [-0.3, -0.25) is 13.9 Å². The molecule has 1 N–H and O–H groups in total. The van der Waals surface area contributed by atoms with E-state index in [0.717, 1.165) is 53.1 Å². The van der Waals surface area contributed by atoms with E-state index in [1.807, 2.05) is 50.2 Å². The fourth-order valence-electron chi connectivity index (χ4n) is 5.66. The van der Waals surface area contributed by atoms with Crippen LogP contribution in [0.5, 0.6) is 11.5 Å². The number of aryl methyl sites for hydroxylation is 2. The molecular weight excluding hydrogens is 578 g/mol. The van der Waals surface area contributed by atoms with Crippen molar-refractivity contribution in [2.45, 2.75) is 76.4 Å². The number of carbonyl (C=O) groups excluding carboxylic acids is 2. The Labute approximate surface area is 261 Å². The molecule has 0 bridgehead atoms. The number of amides is 2. The molecule has 4 rings (SSSR count). The SMILES string of the molecule is COc1ccc(S(=O)(=O)N(CC(=O)N(Cc2ccccc2)[C@H](C)C(=O)NC2CCCCC2)c2cc(C)cc(C)c2)cc1OC. The minimum absolute atomic E-state index is 0.0557.